The third-order valence-corrected chi connectivity index (χ3v) is 2.85. The summed E-state index contributed by atoms with van der Waals surface area (Å²) >= 11 is 0. The van der Waals surface area contributed by atoms with Crippen molar-refractivity contribution in [3.63, 3.8) is 0 Å². The zero-order valence-corrected chi connectivity index (χ0v) is 11.5. The number of aryl methyl sites for hydroxylation is 2. The van der Waals surface area contributed by atoms with Crippen molar-refractivity contribution in [2.45, 2.75) is 6.92 Å². The molecule has 1 heterocycles. The van der Waals surface area contributed by atoms with Crippen LogP contribution in [0.1, 0.15) is 11.3 Å². The van der Waals surface area contributed by atoms with E-state index < -0.39 is 4.92 Å². The Labute approximate surface area is 116 Å². The molecule has 104 valence electrons. The van der Waals surface area contributed by atoms with Crippen molar-refractivity contribution in [1.29, 1.82) is 0 Å². The fourth-order valence-corrected chi connectivity index (χ4v) is 1.94. The van der Waals surface area contributed by atoms with Crippen LogP contribution >= 0.6 is 0 Å². The third kappa shape index (κ3) is 2.66. The molecular formula is C13H15N5O2. The highest BCUT2D eigenvalue weighted by Crippen LogP contribution is 2.27. The van der Waals surface area contributed by atoms with Crippen LogP contribution in [0.3, 0.4) is 0 Å². The molecule has 0 aliphatic rings. The van der Waals surface area contributed by atoms with Gasteiger partial charge in [0.2, 0.25) is 0 Å². The quantitative estimate of drug-likeness (QED) is 0.526. The van der Waals surface area contributed by atoms with Crippen molar-refractivity contribution in [1.82, 2.24) is 9.78 Å². The summed E-state index contributed by atoms with van der Waals surface area (Å²) in [6.07, 6.45) is 1.60. The van der Waals surface area contributed by atoms with Crippen molar-refractivity contribution >= 4 is 23.4 Å². The first kappa shape index (κ1) is 13.7. The predicted octanol–water partition coefficient (Wildman–Crippen LogP) is 2.43. The Hall–Kier alpha value is -2.70. The van der Waals surface area contributed by atoms with E-state index >= 15 is 0 Å². The van der Waals surface area contributed by atoms with Gasteiger partial charge in [-0.05, 0) is 12.5 Å². The number of nitro groups is 1. The Morgan fingerprint density at radius 2 is 2.25 bits per heavy atom. The molecule has 1 aromatic heterocycles. The molecule has 1 N–H and O–H groups in total. The minimum absolute atomic E-state index is 0.0469. The number of benzene rings is 1. The van der Waals surface area contributed by atoms with Gasteiger partial charge in [0.25, 0.3) is 5.69 Å². The summed E-state index contributed by atoms with van der Waals surface area (Å²) in [5, 5.41) is 18.0. The molecule has 0 radical (unpaired) electrons. The molecule has 0 fully saturated rings. The molecule has 0 unspecified atom stereocenters. The van der Waals surface area contributed by atoms with Crippen LogP contribution in [0.4, 0.5) is 17.2 Å². The lowest BCUT2D eigenvalue weighted by Crippen LogP contribution is -1.98. The highest BCUT2D eigenvalue weighted by atomic mass is 16.6. The first-order valence-corrected chi connectivity index (χ1v) is 6.03. The average molecular weight is 273 g/mol. The molecule has 0 saturated heterocycles. The molecular weight excluding hydrogens is 258 g/mol. The maximum absolute atomic E-state index is 10.7. The predicted molar refractivity (Wildman–Crippen MR) is 77.8 cm³/mol. The SMILES string of the molecule is CNc1c(N=Cc2cccc([N+](=O)[O-])c2)c(C)nn1C. The van der Waals surface area contributed by atoms with Crippen LogP contribution in [-0.2, 0) is 7.05 Å². The number of aliphatic imine (C=N–C) groups is 1. The van der Waals surface area contributed by atoms with E-state index in [0.717, 1.165) is 17.2 Å². The highest BCUT2D eigenvalue weighted by Gasteiger charge is 2.10. The van der Waals surface area contributed by atoms with Gasteiger partial charge < -0.3 is 5.32 Å². The summed E-state index contributed by atoms with van der Waals surface area (Å²) in [6, 6.07) is 6.33. The van der Waals surface area contributed by atoms with Gasteiger partial charge in [-0.15, -0.1) is 0 Å². The van der Waals surface area contributed by atoms with Gasteiger partial charge >= 0.3 is 0 Å². The van der Waals surface area contributed by atoms with Crippen LogP contribution in [0.25, 0.3) is 0 Å². The van der Waals surface area contributed by atoms with E-state index in [0.29, 0.717) is 5.56 Å². The Morgan fingerprint density at radius 1 is 1.50 bits per heavy atom. The molecule has 2 aromatic rings. The maximum Gasteiger partial charge on any atom is 0.270 e. The lowest BCUT2D eigenvalue weighted by atomic mass is 10.2. The van der Waals surface area contributed by atoms with E-state index in [-0.39, 0.29) is 5.69 Å². The third-order valence-electron chi connectivity index (χ3n) is 2.85. The molecule has 0 saturated carbocycles. The van der Waals surface area contributed by atoms with Crippen LogP contribution in [0.2, 0.25) is 0 Å². The molecule has 2 rings (SSSR count). The van der Waals surface area contributed by atoms with Crippen LogP contribution in [-0.4, -0.2) is 28.0 Å². The lowest BCUT2D eigenvalue weighted by Gasteiger charge is -2.01. The van der Waals surface area contributed by atoms with E-state index in [1.54, 1.807) is 30.1 Å². The zero-order valence-electron chi connectivity index (χ0n) is 11.5. The minimum atomic E-state index is -0.425. The van der Waals surface area contributed by atoms with Crippen LogP contribution in [0, 0.1) is 17.0 Å². The molecule has 0 spiro atoms. The lowest BCUT2D eigenvalue weighted by molar-refractivity contribution is -0.384. The summed E-state index contributed by atoms with van der Waals surface area (Å²) in [7, 11) is 3.62. The monoisotopic (exact) mass is 273 g/mol. The van der Waals surface area contributed by atoms with Crippen LogP contribution < -0.4 is 5.32 Å². The highest BCUT2D eigenvalue weighted by molar-refractivity contribution is 5.84. The minimum Gasteiger partial charge on any atom is -0.372 e. The molecule has 0 atom stereocenters. The van der Waals surface area contributed by atoms with Crippen molar-refractivity contribution in [3.05, 3.63) is 45.6 Å². The summed E-state index contributed by atoms with van der Waals surface area (Å²) in [5.74, 6) is 0.796. The smallest absolute Gasteiger partial charge is 0.270 e. The van der Waals surface area contributed by atoms with E-state index in [1.807, 2.05) is 14.0 Å². The number of non-ortho nitro benzene ring substituents is 1. The number of rotatable bonds is 4. The van der Waals surface area contributed by atoms with Gasteiger partial charge in [0.1, 0.15) is 11.5 Å². The van der Waals surface area contributed by atoms with Gasteiger partial charge in [-0.1, -0.05) is 12.1 Å². The molecule has 0 bridgehead atoms. The Bertz CT molecular complexity index is 675. The normalized spacial score (nSPS) is 10.9. The van der Waals surface area contributed by atoms with Gasteiger partial charge in [-0.3, -0.25) is 19.8 Å². The molecule has 0 aliphatic carbocycles. The maximum atomic E-state index is 10.7. The van der Waals surface area contributed by atoms with E-state index in [1.165, 1.54) is 12.1 Å². The average Bonchev–Trinajstić information content (AvgIpc) is 2.70. The van der Waals surface area contributed by atoms with Crippen molar-refractivity contribution in [2.24, 2.45) is 12.0 Å². The second-order valence-electron chi connectivity index (χ2n) is 4.27. The number of nitrogens with zero attached hydrogens (tertiary/aromatic N) is 4. The first-order chi connectivity index (χ1) is 9.52. The van der Waals surface area contributed by atoms with E-state index in [4.69, 9.17) is 0 Å². The van der Waals surface area contributed by atoms with E-state index in [9.17, 15) is 10.1 Å². The Kier molecular flexibility index (Phi) is 3.79. The number of nitrogens with one attached hydrogen (secondary N) is 1. The fourth-order valence-electron chi connectivity index (χ4n) is 1.94. The molecule has 20 heavy (non-hydrogen) atoms. The van der Waals surface area contributed by atoms with Crippen LogP contribution in [0.15, 0.2) is 29.3 Å². The zero-order chi connectivity index (χ0) is 14.7. The molecule has 1 aromatic carbocycles. The number of nitro benzene ring substituents is 1. The topological polar surface area (TPSA) is 85.3 Å². The van der Waals surface area contributed by atoms with Crippen molar-refractivity contribution in [2.75, 3.05) is 12.4 Å². The molecule has 0 amide bonds. The second-order valence-corrected chi connectivity index (χ2v) is 4.27. The number of hydrogen-bond acceptors (Lipinski definition) is 5. The Morgan fingerprint density at radius 3 is 2.90 bits per heavy atom. The summed E-state index contributed by atoms with van der Waals surface area (Å²) in [4.78, 5) is 14.7. The Balaban J connectivity index is 2.34. The van der Waals surface area contributed by atoms with Gasteiger partial charge in [-0.2, -0.15) is 5.10 Å². The van der Waals surface area contributed by atoms with Gasteiger partial charge in [0.05, 0.1) is 10.6 Å². The van der Waals surface area contributed by atoms with E-state index in [2.05, 4.69) is 15.4 Å². The van der Waals surface area contributed by atoms with Crippen LogP contribution in [0.5, 0.6) is 0 Å². The number of anilines is 1. The largest absolute Gasteiger partial charge is 0.372 e. The summed E-state index contributed by atoms with van der Waals surface area (Å²) in [5.41, 5.74) is 2.23. The molecule has 7 nitrogen and oxygen atoms in total. The second kappa shape index (κ2) is 5.52. The summed E-state index contributed by atoms with van der Waals surface area (Å²) < 4.78 is 1.70. The summed E-state index contributed by atoms with van der Waals surface area (Å²) in [6.45, 7) is 1.86. The van der Waals surface area contributed by atoms with Crippen molar-refractivity contribution < 1.29 is 4.92 Å². The molecule has 7 heteroatoms. The van der Waals surface area contributed by atoms with Gasteiger partial charge in [-0.25, -0.2) is 0 Å². The first-order valence-electron chi connectivity index (χ1n) is 6.03. The fraction of sp³-hybridized carbons (Fsp3) is 0.231. The number of hydrogen-bond donors (Lipinski definition) is 1. The van der Waals surface area contributed by atoms with Gasteiger partial charge in [0, 0.05) is 32.4 Å². The van der Waals surface area contributed by atoms with Crippen molar-refractivity contribution in [3.8, 4) is 0 Å². The number of aromatic nitrogens is 2. The standard InChI is InChI=1S/C13H15N5O2/c1-9-12(13(14-2)17(3)16-9)15-8-10-5-4-6-11(7-10)18(19)20/h4-8,14H,1-3H3. The van der Waals surface area contributed by atoms with Gasteiger partial charge in [0.15, 0.2) is 0 Å². The molecule has 0 aliphatic heterocycles.